The first-order valence-corrected chi connectivity index (χ1v) is 7.24. The second-order valence-corrected chi connectivity index (χ2v) is 5.84. The lowest BCUT2D eigenvalue weighted by Crippen LogP contribution is -2.05. The number of aryl methyl sites for hydroxylation is 2. The largest absolute Gasteiger partial charge is 0.467 e. The Balaban J connectivity index is 1.69. The van der Waals surface area contributed by atoms with Gasteiger partial charge in [0.05, 0.1) is 13.7 Å². The van der Waals surface area contributed by atoms with Crippen LogP contribution in [0.1, 0.15) is 21.7 Å². The highest BCUT2D eigenvalue weighted by atomic mass is 35.5. The summed E-state index contributed by atoms with van der Waals surface area (Å²) < 4.78 is 4.95. The Morgan fingerprint density at radius 2 is 2.26 bits per heavy atom. The molecule has 2 aromatic heterocycles. The van der Waals surface area contributed by atoms with Gasteiger partial charge in [0, 0.05) is 9.75 Å². The molecule has 1 aliphatic carbocycles. The van der Waals surface area contributed by atoms with Gasteiger partial charge >= 0.3 is 6.01 Å². The predicted octanol–water partition coefficient (Wildman–Crippen LogP) is 2.70. The van der Waals surface area contributed by atoms with E-state index in [0.717, 1.165) is 0 Å². The molecule has 1 aliphatic rings. The van der Waals surface area contributed by atoms with E-state index in [1.165, 1.54) is 41.7 Å². The summed E-state index contributed by atoms with van der Waals surface area (Å²) in [6.45, 7) is 0.696. The Labute approximate surface area is 120 Å². The molecule has 0 unspecified atom stereocenters. The number of hydrogen-bond acceptors (Lipinski definition) is 6. The van der Waals surface area contributed by atoms with Crippen molar-refractivity contribution in [2.45, 2.75) is 25.8 Å². The molecule has 0 spiro atoms. The highest BCUT2D eigenvalue weighted by Crippen LogP contribution is 2.30. The molecule has 0 saturated carbocycles. The van der Waals surface area contributed by atoms with Crippen LogP contribution in [0.15, 0.2) is 6.07 Å². The van der Waals surface area contributed by atoms with Gasteiger partial charge in [-0.1, -0.05) is 0 Å². The average Bonchev–Trinajstić information content (AvgIpc) is 2.96. The van der Waals surface area contributed by atoms with E-state index in [2.05, 4.69) is 26.3 Å². The van der Waals surface area contributed by atoms with Crippen LogP contribution in [0.2, 0.25) is 5.28 Å². The number of anilines is 1. The molecule has 3 rings (SSSR count). The molecule has 2 heterocycles. The van der Waals surface area contributed by atoms with Gasteiger partial charge in [-0.05, 0) is 42.5 Å². The minimum absolute atomic E-state index is 0.128. The topological polar surface area (TPSA) is 59.9 Å². The quantitative estimate of drug-likeness (QED) is 0.940. The van der Waals surface area contributed by atoms with Gasteiger partial charge in [-0.25, -0.2) is 0 Å². The fourth-order valence-corrected chi connectivity index (χ4v) is 3.50. The molecule has 0 amide bonds. The van der Waals surface area contributed by atoms with Crippen LogP contribution in [0.3, 0.4) is 0 Å². The molecule has 0 aliphatic heterocycles. The van der Waals surface area contributed by atoms with Crippen molar-refractivity contribution >= 4 is 28.9 Å². The number of halogens is 1. The number of rotatable bonds is 4. The van der Waals surface area contributed by atoms with Crippen molar-refractivity contribution in [1.82, 2.24) is 15.0 Å². The molecule has 0 radical (unpaired) electrons. The Kier molecular flexibility index (Phi) is 3.52. The maximum atomic E-state index is 5.79. The first-order chi connectivity index (χ1) is 9.24. The Morgan fingerprint density at radius 1 is 1.37 bits per heavy atom. The van der Waals surface area contributed by atoms with E-state index in [1.807, 2.05) is 11.3 Å². The van der Waals surface area contributed by atoms with Gasteiger partial charge < -0.3 is 10.1 Å². The van der Waals surface area contributed by atoms with Gasteiger partial charge in [0.2, 0.25) is 11.2 Å². The van der Waals surface area contributed by atoms with Crippen molar-refractivity contribution in [1.29, 1.82) is 0 Å². The van der Waals surface area contributed by atoms with Gasteiger partial charge in [0.1, 0.15) is 0 Å². The molecule has 7 heteroatoms. The van der Waals surface area contributed by atoms with E-state index in [0.29, 0.717) is 12.5 Å². The molecule has 0 atom stereocenters. The zero-order valence-corrected chi connectivity index (χ0v) is 12.0. The number of nitrogens with zero attached hydrogens (tertiary/aromatic N) is 3. The Bertz CT molecular complexity index is 580. The summed E-state index contributed by atoms with van der Waals surface area (Å²) in [6, 6.07) is 2.48. The van der Waals surface area contributed by atoms with E-state index in [-0.39, 0.29) is 11.3 Å². The maximum absolute atomic E-state index is 5.79. The van der Waals surface area contributed by atoms with E-state index < -0.39 is 0 Å². The van der Waals surface area contributed by atoms with Crippen LogP contribution in [0.5, 0.6) is 6.01 Å². The predicted molar refractivity (Wildman–Crippen MR) is 75.1 cm³/mol. The lowest BCUT2D eigenvalue weighted by molar-refractivity contribution is 0.379. The summed E-state index contributed by atoms with van der Waals surface area (Å²) in [6.07, 6.45) is 3.71. The van der Waals surface area contributed by atoms with E-state index in [9.17, 15) is 0 Å². The van der Waals surface area contributed by atoms with Crippen LogP contribution in [-0.4, -0.2) is 22.1 Å². The second kappa shape index (κ2) is 5.30. The zero-order valence-electron chi connectivity index (χ0n) is 10.4. The van der Waals surface area contributed by atoms with Crippen LogP contribution in [-0.2, 0) is 19.4 Å². The van der Waals surface area contributed by atoms with Crippen molar-refractivity contribution in [3.05, 3.63) is 26.7 Å². The minimum Gasteiger partial charge on any atom is -0.467 e. The third kappa shape index (κ3) is 2.79. The summed E-state index contributed by atoms with van der Waals surface area (Å²) >= 11 is 7.65. The average molecular weight is 297 g/mol. The number of nitrogens with one attached hydrogen (secondary N) is 1. The number of ether oxygens (including phenoxy) is 1. The SMILES string of the molecule is COc1nc(Cl)nc(NCc2cc3c(s2)CCC3)n1. The number of methoxy groups -OCH3 is 1. The van der Waals surface area contributed by atoms with E-state index in [1.54, 1.807) is 0 Å². The molecule has 19 heavy (non-hydrogen) atoms. The van der Waals surface area contributed by atoms with Crippen molar-refractivity contribution in [2.75, 3.05) is 12.4 Å². The van der Waals surface area contributed by atoms with E-state index in [4.69, 9.17) is 16.3 Å². The molecular weight excluding hydrogens is 284 g/mol. The Hall–Kier alpha value is -1.40. The van der Waals surface area contributed by atoms with Crippen LogP contribution < -0.4 is 10.1 Å². The summed E-state index contributed by atoms with van der Waals surface area (Å²) in [4.78, 5) is 14.8. The van der Waals surface area contributed by atoms with Gasteiger partial charge in [0.15, 0.2) is 0 Å². The van der Waals surface area contributed by atoms with Crippen molar-refractivity contribution in [3.63, 3.8) is 0 Å². The molecule has 5 nitrogen and oxygen atoms in total. The third-order valence-electron chi connectivity index (χ3n) is 2.99. The summed E-state index contributed by atoms with van der Waals surface area (Å²) in [5.41, 5.74) is 1.49. The molecule has 2 aromatic rings. The smallest absolute Gasteiger partial charge is 0.322 e. The van der Waals surface area contributed by atoms with Crippen LogP contribution >= 0.6 is 22.9 Å². The van der Waals surface area contributed by atoms with Crippen LogP contribution in [0.25, 0.3) is 0 Å². The molecule has 1 N–H and O–H groups in total. The molecule has 0 aromatic carbocycles. The number of hydrogen-bond donors (Lipinski definition) is 1. The summed E-state index contributed by atoms with van der Waals surface area (Å²) in [5.74, 6) is 0.436. The van der Waals surface area contributed by atoms with Crippen molar-refractivity contribution < 1.29 is 4.74 Å². The lowest BCUT2D eigenvalue weighted by atomic mass is 10.2. The highest BCUT2D eigenvalue weighted by molar-refractivity contribution is 7.12. The summed E-state index contributed by atoms with van der Waals surface area (Å²) in [7, 11) is 1.50. The first kappa shape index (κ1) is 12.6. The lowest BCUT2D eigenvalue weighted by Gasteiger charge is -2.04. The molecular formula is C12H13ClN4OS. The van der Waals surface area contributed by atoms with Gasteiger partial charge in [-0.3, -0.25) is 0 Å². The molecule has 0 saturated heterocycles. The standard InChI is InChI=1S/C12H13ClN4OS/c1-18-12-16-10(13)15-11(17-12)14-6-8-5-7-3-2-4-9(7)19-8/h5H,2-4,6H2,1H3,(H,14,15,16,17). The van der Waals surface area contributed by atoms with Crippen molar-refractivity contribution in [3.8, 4) is 6.01 Å². The van der Waals surface area contributed by atoms with Gasteiger partial charge in [-0.15, -0.1) is 11.3 Å². The molecule has 0 bridgehead atoms. The monoisotopic (exact) mass is 296 g/mol. The molecule has 100 valence electrons. The normalized spacial score (nSPS) is 13.4. The van der Waals surface area contributed by atoms with Crippen molar-refractivity contribution in [2.24, 2.45) is 0 Å². The second-order valence-electron chi connectivity index (χ2n) is 4.28. The van der Waals surface area contributed by atoms with Gasteiger partial charge in [-0.2, -0.15) is 15.0 Å². The first-order valence-electron chi connectivity index (χ1n) is 6.04. The number of thiophene rings is 1. The number of aromatic nitrogens is 3. The third-order valence-corrected chi connectivity index (χ3v) is 4.39. The zero-order chi connectivity index (χ0) is 13.2. The maximum Gasteiger partial charge on any atom is 0.322 e. The Morgan fingerprint density at radius 3 is 3.05 bits per heavy atom. The van der Waals surface area contributed by atoms with Crippen LogP contribution in [0, 0.1) is 0 Å². The fraction of sp³-hybridized carbons (Fsp3) is 0.417. The molecule has 0 fully saturated rings. The minimum atomic E-state index is 0.128. The van der Waals surface area contributed by atoms with E-state index >= 15 is 0 Å². The summed E-state index contributed by atoms with van der Waals surface area (Å²) in [5, 5.41) is 3.28. The fourth-order valence-electron chi connectivity index (χ4n) is 2.15. The van der Waals surface area contributed by atoms with Crippen LogP contribution in [0.4, 0.5) is 5.95 Å². The highest BCUT2D eigenvalue weighted by Gasteiger charge is 2.14. The van der Waals surface area contributed by atoms with Gasteiger partial charge in [0.25, 0.3) is 0 Å². The number of fused-ring (bicyclic) bond motifs is 1.